The predicted molar refractivity (Wildman–Crippen MR) is 98.9 cm³/mol. The zero-order chi connectivity index (χ0) is 17.8. The number of nitrogens with zero attached hydrogens (tertiary/aromatic N) is 2. The number of imidazole rings is 1. The van der Waals surface area contributed by atoms with Gasteiger partial charge >= 0.3 is 0 Å². The molecule has 0 atom stereocenters. The number of carbonyl (C=O) groups is 1. The van der Waals surface area contributed by atoms with Gasteiger partial charge in [0.2, 0.25) is 0 Å². The number of rotatable bonds is 6. The maximum Gasteiger partial charge on any atom is 0.258 e. The van der Waals surface area contributed by atoms with Crippen LogP contribution in [0.4, 0.5) is 0 Å². The average Bonchev–Trinajstić information content (AvgIpc) is 2.92. The number of hydrogen-bond donors (Lipinski definition) is 1. The van der Waals surface area contributed by atoms with Gasteiger partial charge in [-0.05, 0) is 56.2 Å². The molecule has 0 bridgehead atoms. The first-order chi connectivity index (χ1) is 12.0. The first-order valence-corrected chi connectivity index (χ1v) is 8.43. The van der Waals surface area contributed by atoms with E-state index in [1.165, 1.54) is 5.56 Å². The Morgan fingerprint density at radius 2 is 1.92 bits per heavy atom. The van der Waals surface area contributed by atoms with Crippen molar-refractivity contribution in [1.82, 2.24) is 14.9 Å². The number of para-hydroxylation sites is 2. The molecule has 1 amide bonds. The second-order valence-corrected chi connectivity index (χ2v) is 6.18. The molecular weight excluding hydrogens is 314 g/mol. The highest BCUT2D eigenvalue weighted by Gasteiger charge is 2.07. The molecule has 0 radical (unpaired) electrons. The summed E-state index contributed by atoms with van der Waals surface area (Å²) in [7, 11) is 0. The average molecular weight is 337 g/mol. The van der Waals surface area contributed by atoms with Crippen LogP contribution in [0.3, 0.4) is 0 Å². The molecule has 130 valence electrons. The summed E-state index contributed by atoms with van der Waals surface area (Å²) in [6.07, 6.45) is 0. The summed E-state index contributed by atoms with van der Waals surface area (Å²) < 4.78 is 7.67. The number of aryl methyl sites for hydroxylation is 3. The number of ether oxygens (including phenoxy) is 1. The van der Waals surface area contributed by atoms with Crippen LogP contribution < -0.4 is 10.1 Å². The van der Waals surface area contributed by atoms with Crippen molar-refractivity contribution in [3.63, 3.8) is 0 Å². The van der Waals surface area contributed by atoms with Gasteiger partial charge < -0.3 is 14.6 Å². The Morgan fingerprint density at radius 3 is 2.72 bits per heavy atom. The number of fused-ring (bicyclic) bond motifs is 1. The zero-order valence-corrected chi connectivity index (χ0v) is 14.9. The SMILES string of the molecule is Cc1ccc(OCC(=O)NCCn2c(C)nc3ccccc32)cc1C. The third-order valence-corrected chi connectivity index (χ3v) is 4.35. The van der Waals surface area contributed by atoms with E-state index in [9.17, 15) is 4.79 Å². The van der Waals surface area contributed by atoms with Crippen LogP contribution in [0.1, 0.15) is 17.0 Å². The molecular formula is C20H23N3O2. The molecule has 0 aliphatic heterocycles. The Labute approximate surface area is 147 Å². The van der Waals surface area contributed by atoms with E-state index in [1.807, 2.05) is 63.2 Å². The van der Waals surface area contributed by atoms with E-state index in [4.69, 9.17) is 4.74 Å². The molecule has 5 heteroatoms. The van der Waals surface area contributed by atoms with Gasteiger partial charge in [0.25, 0.3) is 5.91 Å². The lowest BCUT2D eigenvalue weighted by molar-refractivity contribution is -0.123. The Kier molecular flexibility index (Phi) is 5.03. The van der Waals surface area contributed by atoms with Crippen molar-refractivity contribution < 1.29 is 9.53 Å². The lowest BCUT2D eigenvalue weighted by Gasteiger charge is -2.10. The Morgan fingerprint density at radius 1 is 1.12 bits per heavy atom. The van der Waals surface area contributed by atoms with Crippen molar-refractivity contribution in [2.75, 3.05) is 13.2 Å². The van der Waals surface area contributed by atoms with Crippen LogP contribution in [0.2, 0.25) is 0 Å². The molecule has 0 fully saturated rings. The van der Waals surface area contributed by atoms with Crippen molar-refractivity contribution in [1.29, 1.82) is 0 Å². The summed E-state index contributed by atoms with van der Waals surface area (Å²) in [6.45, 7) is 7.29. The van der Waals surface area contributed by atoms with Crippen LogP contribution in [0.5, 0.6) is 5.75 Å². The summed E-state index contributed by atoms with van der Waals surface area (Å²) >= 11 is 0. The van der Waals surface area contributed by atoms with Gasteiger partial charge in [0.05, 0.1) is 11.0 Å². The lowest BCUT2D eigenvalue weighted by Crippen LogP contribution is -2.31. The van der Waals surface area contributed by atoms with Crippen LogP contribution >= 0.6 is 0 Å². The topological polar surface area (TPSA) is 56.1 Å². The van der Waals surface area contributed by atoms with E-state index >= 15 is 0 Å². The number of amides is 1. The highest BCUT2D eigenvalue weighted by molar-refractivity contribution is 5.78. The highest BCUT2D eigenvalue weighted by atomic mass is 16.5. The minimum atomic E-state index is -0.125. The molecule has 0 aliphatic rings. The minimum absolute atomic E-state index is 0.0200. The van der Waals surface area contributed by atoms with Crippen LogP contribution in [0.15, 0.2) is 42.5 Å². The fourth-order valence-electron chi connectivity index (χ4n) is 2.79. The highest BCUT2D eigenvalue weighted by Crippen LogP contribution is 2.16. The van der Waals surface area contributed by atoms with Gasteiger partial charge in [-0.3, -0.25) is 4.79 Å². The summed E-state index contributed by atoms with van der Waals surface area (Å²) in [5.41, 5.74) is 4.42. The van der Waals surface area contributed by atoms with Gasteiger partial charge in [-0.15, -0.1) is 0 Å². The normalized spacial score (nSPS) is 10.8. The van der Waals surface area contributed by atoms with Gasteiger partial charge in [0.15, 0.2) is 6.61 Å². The van der Waals surface area contributed by atoms with E-state index in [2.05, 4.69) is 14.9 Å². The Hall–Kier alpha value is -2.82. The molecule has 0 spiro atoms. The number of aromatic nitrogens is 2. The molecule has 0 aliphatic carbocycles. The molecule has 25 heavy (non-hydrogen) atoms. The molecule has 1 heterocycles. The van der Waals surface area contributed by atoms with Gasteiger partial charge in [-0.25, -0.2) is 4.98 Å². The van der Waals surface area contributed by atoms with Gasteiger partial charge in [-0.1, -0.05) is 18.2 Å². The number of nitrogens with one attached hydrogen (secondary N) is 1. The molecule has 3 rings (SSSR count). The molecule has 1 aromatic heterocycles. The van der Waals surface area contributed by atoms with Gasteiger partial charge in [0, 0.05) is 13.1 Å². The zero-order valence-electron chi connectivity index (χ0n) is 14.9. The van der Waals surface area contributed by atoms with Gasteiger partial charge in [-0.2, -0.15) is 0 Å². The second kappa shape index (κ2) is 7.38. The quantitative estimate of drug-likeness (QED) is 0.752. The van der Waals surface area contributed by atoms with E-state index < -0.39 is 0 Å². The van der Waals surface area contributed by atoms with E-state index in [0.717, 1.165) is 28.2 Å². The maximum atomic E-state index is 12.0. The fraction of sp³-hybridized carbons (Fsp3) is 0.300. The molecule has 3 aromatic rings. The molecule has 0 saturated carbocycles. The first kappa shape index (κ1) is 17.0. The van der Waals surface area contributed by atoms with Crippen LogP contribution in [0, 0.1) is 20.8 Å². The summed E-state index contributed by atoms with van der Waals surface area (Å²) in [4.78, 5) is 16.5. The van der Waals surface area contributed by atoms with Crippen LogP contribution in [-0.2, 0) is 11.3 Å². The standard InChI is InChI=1S/C20H23N3O2/c1-14-8-9-17(12-15(14)2)25-13-20(24)21-10-11-23-16(3)22-18-6-4-5-7-19(18)23/h4-9,12H,10-11,13H2,1-3H3,(H,21,24). The second-order valence-electron chi connectivity index (χ2n) is 6.18. The third kappa shape index (κ3) is 3.99. The number of benzene rings is 2. The van der Waals surface area contributed by atoms with Crippen molar-refractivity contribution >= 4 is 16.9 Å². The van der Waals surface area contributed by atoms with Crippen molar-refractivity contribution in [3.05, 3.63) is 59.4 Å². The van der Waals surface area contributed by atoms with E-state index in [-0.39, 0.29) is 12.5 Å². The third-order valence-electron chi connectivity index (χ3n) is 4.35. The molecule has 0 unspecified atom stereocenters. The fourth-order valence-corrected chi connectivity index (χ4v) is 2.79. The first-order valence-electron chi connectivity index (χ1n) is 8.43. The van der Waals surface area contributed by atoms with Crippen LogP contribution in [0.25, 0.3) is 11.0 Å². The maximum absolute atomic E-state index is 12.0. The van der Waals surface area contributed by atoms with Gasteiger partial charge in [0.1, 0.15) is 11.6 Å². The van der Waals surface area contributed by atoms with E-state index in [0.29, 0.717) is 13.1 Å². The summed E-state index contributed by atoms with van der Waals surface area (Å²) in [5, 5.41) is 2.90. The molecule has 5 nitrogen and oxygen atoms in total. The smallest absolute Gasteiger partial charge is 0.258 e. The molecule has 2 aromatic carbocycles. The summed E-state index contributed by atoms with van der Waals surface area (Å²) in [6, 6.07) is 13.8. The number of hydrogen-bond acceptors (Lipinski definition) is 3. The van der Waals surface area contributed by atoms with E-state index in [1.54, 1.807) is 0 Å². The minimum Gasteiger partial charge on any atom is -0.484 e. The van der Waals surface area contributed by atoms with Crippen molar-refractivity contribution in [2.45, 2.75) is 27.3 Å². The predicted octanol–water partition coefficient (Wildman–Crippen LogP) is 3.16. The monoisotopic (exact) mass is 337 g/mol. The largest absolute Gasteiger partial charge is 0.484 e. The van der Waals surface area contributed by atoms with Crippen LogP contribution in [-0.4, -0.2) is 28.6 Å². The molecule has 1 N–H and O–H groups in total. The molecule has 0 saturated heterocycles. The Bertz CT molecular complexity index is 899. The summed E-state index contributed by atoms with van der Waals surface area (Å²) in [5.74, 6) is 1.54. The Balaban J connectivity index is 1.50. The lowest BCUT2D eigenvalue weighted by atomic mass is 10.1. The van der Waals surface area contributed by atoms with Crippen molar-refractivity contribution in [3.8, 4) is 5.75 Å². The number of carbonyl (C=O) groups excluding carboxylic acids is 1. The van der Waals surface area contributed by atoms with Crippen molar-refractivity contribution in [2.24, 2.45) is 0 Å².